The molecule has 6 heteroatoms. The summed E-state index contributed by atoms with van der Waals surface area (Å²) < 4.78 is 17.9. The van der Waals surface area contributed by atoms with Gasteiger partial charge in [0.15, 0.2) is 0 Å². The van der Waals surface area contributed by atoms with E-state index in [0.29, 0.717) is 17.4 Å². The number of aromatic nitrogens is 3. The lowest BCUT2D eigenvalue weighted by molar-refractivity contribution is 0.148. The smallest absolute Gasteiger partial charge is 0.232 e. The summed E-state index contributed by atoms with van der Waals surface area (Å²) in [6.45, 7) is 0. The SMILES string of the molecule is OC1CCCC1c1nc(-c2ccc(F)cn2)no1. The number of halogens is 1. The zero-order chi connectivity index (χ0) is 12.5. The van der Waals surface area contributed by atoms with Crippen molar-refractivity contribution in [2.75, 3.05) is 0 Å². The second-order valence-electron chi connectivity index (χ2n) is 4.42. The number of aliphatic hydroxyl groups is 1. The van der Waals surface area contributed by atoms with Crippen LogP contribution in [0.4, 0.5) is 4.39 Å². The van der Waals surface area contributed by atoms with Crippen molar-refractivity contribution in [3.63, 3.8) is 0 Å². The molecule has 18 heavy (non-hydrogen) atoms. The summed E-state index contributed by atoms with van der Waals surface area (Å²) in [5, 5.41) is 13.6. The van der Waals surface area contributed by atoms with E-state index in [1.165, 1.54) is 12.1 Å². The van der Waals surface area contributed by atoms with Gasteiger partial charge >= 0.3 is 0 Å². The van der Waals surface area contributed by atoms with Crippen LogP contribution in [-0.2, 0) is 0 Å². The lowest BCUT2D eigenvalue weighted by Gasteiger charge is -2.07. The second-order valence-corrected chi connectivity index (χ2v) is 4.42. The molecule has 0 aromatic carbocycles. The Bertz CT molecular complexity index is 541. The minimum Gasteiger partial charge on any atom is -0.392 e. The van der Waals surface area contributed by atoms with Gasteiger partial charge in [-0.05, 0) is 31.4 Å². The van der Waals surface area contributed by atoms with Gasteiger partial charge in [0.25, 0.3) is 0 Å². The molecule has 1 fully saturated rings. The summed E-state index contributed by atoms with van der Waals surface area (Å²) in [5.74, 6) is 0.255. The molecule has 94 valence electrons. The Kier molecular flexibility index (Phi) is 2.79. The highest BCUT2D eigenvalue weighted by Crippen LogP contribution is 2.34. The molecule has 2 unspecified atom stereocenters. The number of rotatable bonds is 2. The summed E-state index contributed by atoms with van der Waals surface area (Å²) in [6, 6.07) is 2.79. The Labute approximate surface area is 103 Å². The van der Waals surface area contributed by atoms with Crippen LogP contribution < -0.4 is 0 Å². The first-order valence-corrected chi connectivity index (χ1v) is 5.87. The predicted octanol–water partition coefficient (Wildman–Crippen LogP) is 1.90. The summed E-state index contributed by atoms with van der Waals surface area (Å²) in [7, 11) is 0. The van der Waals surface area contributed by atoms with Crippen molar-refractivity contribution in [1.82, 2.24) is 15.1 Å². The quantitative estimate of drug-likeness (QED) is 0.880. The van der Waals surface area contributed by atoms with Crippen LogP contribution in [0.1, 0.15) is 31.1 Å². The zero-order valence-electron chi connectivity index (χ0n) is 9.58. The molecule has 2 heterocycles. The van der Waals surface area contributed by atoms with Crippen LogP contribution in [0.3, 0.4) is 0 Å². The van der Waals surface area contributed by atoms with Gasteiger partial charge in [0.2, 0.25) is 11.7 Å². The van der Waals surface area contributed by atoms with Gasteiger partial charge < -0.3 is 9.63 Å². The molecular formula is C12H12FN3O2. The fourth-order valence-electron chi connectivity index (χ4n) is 2.23. The Morgan fingerprint density at radius 3 is 2.89 bits per heavy atom. The van der Waals surface area contributed by atoms with Crippen molar-refractivity contribution in [1.29, 1.82) is 0 Å². The minimum atomic E-state index is -0.417. The first-order valence-electron chi connectivity index (χ1n) is 5.87. The van der Waals surface area contributed by atoms with Gasteiger partial charge in [-0.15, -0.1) is 0 Å². The van der Waals surface area contributed by atoms with Crippen LogP contribution >= 0.6 is 0 Å². The summed E-state index contributed by atoms with van der Waals surface area (Å²) in [6.07, 6.45) is 3.25. The first kappa shape index (κ1) is 11.3. The van der Waals surface area contributed by atoms with Gasteiger partial charge in [0, 0.05) is 0 Å². The van der Waals surface area contributed by atoms with E-state index in [4.69, 9.17) is 4.52 Å². The molecule has 0 amide bonds. The zero-order valence-corrected chi connectivity index (χ0v) is 9.58. The van der Waals surface area contributed by atoms with Gasteiger partial charge in [-0.3, -0.25) is 0 Å². The lowest BCUT2D eigenvalue weighted by Crippen LogP contribution is -2.11. The number of hydrogen-bond acceptors (Lipinski definition) is 5. The number of pyridine rings is 1. The third kappa shape index (κ3) is 1.99. The largest absolute Gasteiger partial charge is 0.392 e. The fourth-order valence-corrected chi connectivity index (χ4v) is 2.23. The topological polar surface area (TPSA) is 72.0 Å². The van der Waals surface area contributed by atoms with Crippen LogP contribution in [0.5, 0.6) is 0 Å². The van der Waals surface area contributed by atoms with E-state index in [1.807, 2.05) is 0 Å². The normalized spacial score (nSPS) is 23.4. The highest BCUT2D eigenvalue weighted by molar-refractivity contribution is 5.47. The van der Waals surface area contributed by atoms with Gasteiger partial charge in [0.1, 0.15) is 11.5 Å². The average Bonchev–Trinajstić information content (AvgIpc) is 2.98. The molecule has 0 bridgehead atoms. The van der Waals surface area contributed by atoms with Crippen molar-refractivity contribution in [3.05, 3.63) is 30.0 Å². The monoisotopic (exact) mass is 249 g/mol. The molecule has 0 aliphatic heterocycles. The molecule has 1 aliphatic rings. The third-order valence-corrected chi connectivity index (χ3v) is 3.19. The highest BCUT2D eigenvalue weighted by atomic mass is 19.1. The molecule has 1 aliphatic carbocycles. The second kappa shape index (κ2) is 4.45. The number of aliphatic hydroxyl groups excluding tert-OH is 1. The maximum atomic E-state index is 12.7. The third-order valence-electron chi connectivity index (χ3n) is 3.19. The maximum Gasteiger partial charge on any atom is 0.232 e. The molecule has 0 spiro atoms. The summed E-state index contributed by atoms with van der Waals surface area (Å²) >= 11 is 0. The van der Waals surface area contributed by atoms with Gasteiger partial charge in [-0.25, -0.2) is 9.37 Å². The number of hydrogen-bond donors (Lipinski definition) is 1. The van der Waals surface area contributed by atoms with Gasteiger partial charge in [-0.2, -0.15) is 4.98 Å². The van der Waals surface area contributed by atoms with Crippen LogP contribution in [0.2, 0.25) is 0 Å². The molecular weight excluding hydrogens is 237 g/mol. The maximum absolute atomic E-state index is 12.7. The fraction of sp³-hybridized carbons (Fsp3) is 0.417. The standard InChI is InChI=1S/C12H12FN3O2/c13-7-4-5-9(14-6-7)11-15-12(18-16-11)8-2-1-3-10(8)17/h4-6,8,10,17H,1-3H2. The number of nitrogens with zero attached hydrogens (tertiary/aromatic N) is 3. The molecule has 0 radical (unpaired) electrons. The van der Waals surface area contributed by atoms with E-state index >= 15 is 0 Å². The van der Waals surface area contributed by atoms with Crippen LogP contribution in [0, 0.1) is 5.82 Å². The molecule has 2 atom stereocenters. The molecule has 0 saturated heterocycles. The van der Waals surface area contributed by atoms with Crippen molar-refractivity contribution < 1.29 is 14.0 Å². The van der Waals surface area contributed by atoms with E-state index in [1.54, 1.807) is 0 Å². The Morgan fingerprint density at radius 1 is 1.33 bits per heavy atom. The molecule has 1 saturated carbocycles. The predicted molar refractivity (Wildman–Crippen MR) is 60.1 cm³/mol. The van der Waals surface area contributed by atoms with E-state index in [2.05, 4.69) is 15.1 Å². The summed E-state index contributed by atoms with van der Waals surface area (Å²) in [4.78, 5) is 8.10. The van der Waals surface area contributed by atoms with Crippen LogP contribution in [0.15, 0.2) is 22.9 Å². The van der Waals surface area contributed by atoms with E-state index in [9.17, 15) is 9.50 Å². The highest BCUT2D eigenvalue weighted by Gasteiger charge is 2.31. The van der Waals surface area contributed by atoms with Crippen molar-refractivity contribution in [2.24, 2.45) is 0 Å². The Morgan fingerprint density at radius 2 is 2.22 bits per heavy atom. The molecule has 1 N–H and O–H groups in total. The molecule has 2 aromatic rings. The van der Waals surface area contributed by atoms with Gasteiger partial charge in [-0.1, -0.05) is 5.16 Å². The van der Waals surface area contributed by atoms with E-state index in [-0.39, 0.29) is 5.92 Å². The minimum absolute atomic E-state index is 0.0910. The lowest BCUT2D eigenvalue weighted by atomic mass is 10.1. The van der Waals surface area contributed by atoms with Crippen LogP contribution in [0.25, 0.3) is 11.5 Å². The molecule has 3 rings (SSSR count). The van der Waals surface area contributed by atoms with E-state index in [0.717, 1.165) is 25.5 Å². The molecule has 5 nitrogen and oxygen atoms in total. The van der Waals surface area contributed by atoms with Crippen molar-refractivity contribution in [2.45, 2.75) is 31.3 Å². The molecule has 2 aromatic heterocycles. The Hall–Kier alpha value is -1.82. The summed E-state index contributed by atoms with van der Waals surface area (Å²) in [5.41, 5.74) is 0.457. The average molecular weight is 249 g/mol. The van der Waals surface area contributed by atoms with Crippen LogP contribution in [-0.4, -0.2) is 26.3 Å². The van der Waals surface area contributed by atoms with Gasteiger partial charge in [0.05, 0.1) is 18.2 Å². The van der Waals surface area contributed by atoms with Crippen molar-refractivity contribution >= 4 is 0 Å². The first-order chi connectivity index (χ1) is 8.74. The van der Waals surface area contributed by atoms with Crippen molar-refractivity contribution in [3.8, 4) is 11.5 Å². The van der Waals surface area contributed by atoms with E-state index < -0.39 is 11.9 Å². The Balaban J connectivity index is 1.87.